The summed E-state index contributed by atoms with van der Waals surface area (Å²) in [4.78, 5) is 5.26. The standard InChI is InChI=1S/C27H40N2/c1-18(2)23-8-7-9-24(19(3)4)25(23)29-17-28(16-26(29,5)6)27-13-20-10-21(14-27)12-22(11-20)15-27/h7-9,18-22H,10-16H2,1-6H3. The second kappa shape index (κ2) is 6.74. The summed E-state index contributed by atoms with van der Waals surface area (Å²) in [6.07, 6.45) is 8.77. The third-order valence-electron chi connectivity index (χ3n) is 8.52. The van der Waals surface area contributed by atoms with Gasteiger partial charge in [0.25, 0.3) is 0 Å². The quantitative estimate of drug-likeness (QED) is 0.556. The lowest BCUT2D eigenvalue weighted by Crippen LogP contribution is -2.59. The summed E-state index contributed by atoms with van der Waals surface area (Å²) in [6, 6.07) is 6.95. The Morgan fingerprint density at radius 2 is 1.34 bits per heavy atom. The zero-order valence-electron chi connectivity index (χ0n) is 19.5. The molecule has 0 spiro atoms. The van der Waals surface area contributed by atoms with E-state index in [0.717, 1.165) is 24.3 Å². The Morgan fingerprint density at radius 3 is 1.79 bits per heavy atom. The van der Waals surface area contributed by atoms with Crippen molar-refractivity contribution in [3.05, 3.63) is 36.0 Å². The summed E-state index contributed by atoms with van der Waals surface area (Å²) >= 11 is 0. The predicted molar refractivity (Wildman–Crippen MR) is 122 cm³/mol. The van der Waals surface area contributed by atoms with Crippen LogP contribution in [-0.2, 0) is 0 Å². The molecule has 6 rings (SSSR count). The van der Waals surface area contributed by atoms with Crippen LogP contribution in [0.25, 0.3) is 0 Å². The lowest BCUT2D eigenvalue weighted by atomic mass is 9.52. The first-order chi connectivity index (χ1) is 13.7. The fourth-order valence-electron chi connectivity index (χ4n) is 7.54. The molecule has 2 nitrogen and oxygen atoms in total. The first kappa shape index (κ1) is 19.9. The fraction of sp³-hybridized carbons (Fsp3) is 0.741. The molecule has 2 radical (unpaired) electrons. The van der Waals surface area contributed by atoms with Crippen LogP contribution in [0.4, 0.5) is 5.69 Å². The number of hydrogen-bond donors (Lipinski definition) is 0. The molecule has 1 aliphatic heterocycles. The van der Waals surface area contributed by atoms with Gasteiger partial charge in [0.15, 0.2) is 6.67 Å². The number of anilines is 1. The highest BCUT2D eigenvalue weighted by atomic mass is 15.4. The van der Waals surface area contributed by atoms with E-state index in [1.807, 2.05) is 0 Å². The SMILES string of the molecule is CC(C)c1cccc(C(C)C)c1N1[C]N(C23CC4CC(CC(C4)C2)C3)CC1(C)C. The van der Waals surface area contributed by atoms with E-state index in [2.05, 4.69) is 76.2 Å². The first-order valence-corrected chi connectivity index (χ1v) is 12.2. The van der Waals surface area contributed by atoms with Gasteiger partial charge in [-0.25, -0.2) is 0 Å². The number of hydrogen-bond acceptors (Lipinski definition) is 2. The van der Waals surface area contributed by atoms with E-state index in [9.17, 15) is 0 Å². The molecule has 0 unspecified atom stereocenters. The summed E-state index contributed by atoms with van der Waals surface area (Å²) in [6.45, 7) is 19.3. The molecule has 0 amide bonds. The largest absolute Gasteiger partial charge is 0.340 e. The minimum Gasteiger partial charge on any atom is -0.340 e. The number of rotatable bonds is 4. The van der Waals surface area contributed by atoms with Gasteiger partial charge in [-0.2, -0.15) is 0 Å². The lowest BCUT2D eigenvalue weighted by Gasteiger charge is -2.59. The van der Waals surface area contributed by atoms with Crippen LogP contribution in [0.3, 0.4) is 0 Å². The molecule has 5 fully saturated rings. The molecule has 4 bridgehead atoms. The van der Waals surface area contributed by atoms with Gasteiger partial charge in [0.1, 0.15) is 0 Å². The van der Waals surface area contributed by atoms with Crippen LogP contribution in [0.5, 0.6) is 0 Å². The Balaban J connectivity index is 1.52. The summed E-state index contributed by atoms with van der Waals surface area (Å²) in [5.41, 5.74) is 4.87. The average molecular weight is 393 g/mol. The molecule has 1 aromatic rings. The maximum Gasteiger partial charge on any atom is 0.178 e. The summed E-state index contributed by atoms with van der Waals surface area (Å²) < 4.78 is 0. The minimum atomic E-state index is 0.0813. The molecule has 5 aliphatic rings. The normalized spacial score (nSPS) is 36.0. The first-order valence-electron chi connectivity index (χ1n) is 12.2. The Bertz CT molecular complexity index is 713. The zero-order valence-corrected chi connectivity index (χ0v) is 19.5. The zero-order chi connectivity index (χ0) is 20.6. The fourth-order valence-corrected chi connectivity index (χ4v) is 7.54. The number of benzene rings is 1. The maximum absolute atomic E-state index is 4.01. The smallest absolute Gasteiger partial charge is 0.178 e. The molecular formula is C27H40N2. The molecule has 1 saturated heterocycles. The van der Waals surface area contributed by atoms with Crippen LogP contribution in [0.2, 0.25) is 0 Å². The average Bonchev–Trinajstić information content (AvgIpc) is 2.95. The van der Waals surface area contributed by atoms with Crippen molar-refractivity contribution in [3.8, 4) is 0 Å². The molecule has 0 N–H and O–H groups in total. The third-order valence-corrected chi connectivity index (χ3v) is 8.52. The summed E-state index contributed by atoms with van der Waals surface area (Å²) in [5, 5.41) is 0. The van der Waals surface area contributed by atoms with Gasteiger partial charge < -0.3 is 4.90 Å². The Morgan fingerprint density at radius 1 is 0.862 bits per heavy atom. The Labute approximate surface area is 179 Å². The molecular weight excluding hydrogens is 352 g/mol. The van der Waals surface area contributed by atoms with E-state index < -0.39 is 0 Å². The van der Waals surface area contributed by atoms with Gasteiger partial charge in [-0.15, -0.1) is 0 Å². The molecule has 4 saturated carbocycles. The van der Waals surface area contributed by atoms with Crippen molar-refractivity contribution in [2.24, 2.45) is 17.8 Å². The summed E-state index contributed by atoms with van der Waals surface area (Å²) in [7, 11) is 0. The van der Waals surface area contributed by atoms with E-state index in [1.165, 1.54) is 55.3 Å². The monoisotopic (exact) mass is 392 g/mol. The van der Waals surface area contributed by atoms with E-state index in [4.69, 9.17) is 0 Å². The van der Waals surface area contributed by atoms with E-state index in [0.29, 0.717) is 17.4 Å². The van der Waals surface area contributed by atoms with Gasteiger partial charge in [-0.3, -0.25) is 4.90 Å². The molecule has 0 atom stereocenters. The molecule has 29 heavy (non-hydrogen) atoms. The molecule has 4 aliphatic carbocycles. The topological polar surface area (TPSA) is 6.48 Å². The predicted octanol–water partition coefficient (Wildman–Crippen LogP) is 6.80. The van der Waals surface area contributed by atoms with Gasteiger partial charge in [-0.05, 0) is 93.1 Å². The van der Waals surface area contributed by atoms with Crippen molar-refractivity contribution in [1.82, 2.24) is 4.90 Å². The van der Waals surface area contributed by atoms with Crippen LogP contribution >= 0.6 is 0 Å². The lowest BCUT2D eigenvalue weighted by molar-refractivity contribution is -0.0732. The highest BCUT2D eigenvalue weighted by molar-refractivity contribution is 5.65. The molecule has 2 heteroatoms. The second-order valence-corrected chi connectivity index (χ2v) is 12.1. The number of para-hydroxylation sites is 1. The van der Waals surface area contributed by atoms with Crippen LogP contribution in [0, 0.1) is 24.4 Å². The van der Waals surface area contributed by atoms with Crippen molar-refractivity contribution >= 4 is 5.69 Å². The maximum atomic E-state index is 4.01. The van der Waals surface area contributed by atoms with Crippen LogP contribution in [0.1, 0.15) is 103 Å². The van der Waals surface area contributed by atoms with Crippen molar-refractivity contribution in [1.29, 1.82) is 0 Å². The van der Waals surface area contributed by atoms with Crippen molar-refractivity contribution in [2.45, 2.75) is 103 Å². The highest BCUT2D eigenvalue weighted by Crippen LogP contribution is 2.59. The highest BCUT2D eigenvalue weighted by Gasteiger charge is 2.57. The molecule has 1 aromatic carbocycles. The van der Waals surface area contributed by atoms with Crippen molar-refractivity contribution < 1.29 is 0 Å². The van der Waals surface area contributed by atoms with E-state index in [1.54, 1.807) is 0 Å². The van der Waals surface area contributed by atoms with Gasteiger partial charge in [0, 0.05) is 23.3 Å². The van der Waals surface area contributed by atoms with Gasteiger partial charge >= 0.3 is 0 Å². The summed E-state index contributed by atoms with van der Waals surface area (Å²) in [5.74, 6) is 3.99. The van der Waals surface area contributed by atoms with Crippen LogP contribution in [0.15, 0.2) is 18.2 Å². The van der Waals surface area contributed by atoms with E-state index in [-0.39, 0.29) is 5.54 Å². The van der Waals surface area contributed by atoms with Gasteiger partial charge in [-0.1, -0.05) is 45.9 Å². The Kier molecular flexibility index (Phi) is 4.63. The second-order valence-electron chi connectivity index (χ2n) is 12.1. The van der Waals surface area contributed by atoms with Gasteiger partial charge in [0.2, 0.25) is 0 Å². The molecule has 0 aromatic heterocycles. The van der Waals surface area contributed by atoms with Crippen LogP contribution in [-0.4, -0.2) is 22.5 Å². The molecule has 1 heterocycles. The van der Waals surface area contributed by atoms with E-state index >= 15 is 0 Å². The third kappa shape index (κ3) is 3.16. The van der Waals surface area contributed by atoms with Crippen molar-refractivity contribution in [2.75, 3.05) is 11.4 Å². The Hall–Kier alpha value is -1.02. The van der Waals surface area contributed by atoms with Gasteiger partial charge in [0.05, 0.1) is 0 Å². The van der Waals surface area contributed by atoms with Crippen molar-refractivity contribution in [3.63, 3.8) is 0 Å². The molecule has 158 valence electrons. The minimum absolute atomic E-state index is 0.0813. The number of nitrogens with zero attached hydrogens (tertiary/aromatic N) is 2. The van der Waals surface area contributed by atoms with Crippen LogP contribution < -0.4 is 4.90 Å².